The van der Waals surface area contributed by atoms with Crippen molar-refractivity contribution in [2.24, 2.45) is 11.7 Å². The number of aliphatic hydroxyl groups is 3. The maximum absolute atomic E-state index is 14.1. The lowest BCUT2D eigenvalue weighted by molar-refractivity contribution is -0.249. The number of aromatic hydroxyl groups is 2. The minimum Gasteiger partial charge on any atom is -0.507 e. The average molecular weight is 1260 g/mol. The third-order valence-electron chi connectivity index (χ3n) is 15.7. The Labute approximate surface area is 516 Å². The first-order valence-electron chi connectivity index (χ1n) is 28.6. The number of thioether (sulfide) groups is 1. The molecule has 4 aliphatic rings. The van der Waals surface area contributed by atoms with Gasteiger partial charge in [0, 0.05) is 65.9 Å². The van der Waals surface area contributed by atoms with Crippen LogP contribution >= 0.6 is 11.8 Å². The molecule has 2 heterocycles. The second-order valence-electron chi connectivity index (χ2n) is 22.2. The van der Waals surface area contributed by atoms with E-state index in [4.69, 9.17) is 24.7 Å². The summed E-state index contributed by atoms with van der Waals surface area (Å²) in [6.07, 6.45) is -6.56. The summed E-state index contributed by atoms with van der Waals surface area (Å²) in [4.78, 5) is 134. The highest BCUT2D eigenvalue weighted by Gasteiger charge is 2.50. The Kier molecular flexibility index (Phi) is 22.6. The van der Waals surface area contributed by atoms with E-state index in [2.05, 4.69) is 39.7 Å². The lowest BCUT2D eigenvalue weighted by Crippen LogP contribution is -2.59. The first-order chi connectivity index (χ1) is 42.2. The second kappa shape index (κ2) is 29.6. The van der Waals surface area contributed by atoms with E-state index < -0.39 is 143 Å². The zero-order chi connectivity index (χ0) is 65.2. The number of nitrogens with one attached hydrogen (secondary N) is 5. The molecule has 2 fully saturated rings. The van der Waals surface area contributed by atoms with Crippen LogP contribution in [-0.4, -0.2) is 187 Å². The topological polar surface area (TPSA) is 405 Å². The molecule has 2 aliphatic heterocycles. The van der Waals surface area contributed by atoms with Crippen LogP contribution in [0.5, 0.6) is 17.2 Å². The number of nitrogens with zero attached hydrogens (tertiary/aromatic N) is 3. The van der Waals surface area contributed by atoms with Gasteiger partial charge in [0.05, 0.1) is 62.2 Å². The number of phenolic OH excluding ortho intramolecular Hbond substituents is 2. The Morgan fingerprint density at radius 3 is 2.18 bits per heavy atom. The van der Waals surface area contributed by atoms with Gasteiger partial charge in [-0.25, -0.2) is 9.59 Å². The van der Waals surface area contributed by atoms with Crippen LogP contribution in [0.2, 0.25) is 0 Å². The Bertz CT molecular complexity index is 3230. The minimum atomic E-state index is -2.16. The number of fused-ring (bicyclic) bond motifs is 3. The van der Waals surface area contributed by atoms with Gasteiger partial charge < -0.3 is 91.5 Å². The van der Waals surface area contributed by atoms with E-state index in [1.807, 2.05) is 0 Å². The number of alkyl carbamates (subject to hydrolysis) is 1. The Balaban J connectivity index is 0.934. The number of hydrogen-bond donors (Lipinski definition) is 11. The van der Waals surface area contributed by atoms with E-state index in [0.29, 0.717) is 5.56 Å². The largest absolute Gasteiger partial charge is 0.507 e. The summed E-state index contributed by atoms with van der Waals surface area (Å²) in [5.41, 5.74) is 2.76. The van der Waals surface area contributed by atoms with Crippen molar-refractivity contribution in [1.82, 2.24) is 36.0 Å². The first kappa shape index (κ1) is 67.9. The molecule has 3 aromatic carbocycles. The predicted molar refractivity (Wildman–Crippen MR) is 318 cm³/mol. The zero-order valence-electron chi connectivity index (χ0n) is 49.8. The van der Waals surface area contributed by atoms with Gasteiger partial charge >= 0.3 is 12.1 Å². The van der Waals surface area contributed by atoms with Crippen LogP contribution in [0.3, 0.4) is 0 Å². The molecule has 0 bridgehead atoms. The maximum Gasteiger partial charge on any atom is 0.407 e. The van der Waals surface area contributed by atoms with Crippen molar-refractivity contribution in [3.8, 4) is 17.2 Å². The number of methoxy groups -OCH3 is 1. The van der Waals surface area contributed by atoms with Crippen LogP contribution < -0.4 is 37.1 Å². The predicted octanol–water partition coefficient (Wildman–Crippen LogP) is 1.73. The first-order valence-corrected chi connectivity index (χ1v) is 29.7. The quantitative estimate of drug-likeness (QED) is 0.0345. The van der Waals surface area contributed by atoms with Crippen molar-refractivity contribution in [2.45, 2.75) is 127 Å². The molecular weight excluding hydrogens is 1180 g/mol. The van der Waals surface area contributed by atoms with E-state index in [1.165, 1.54) is 59.1 Å². The Morgan fingerprint density at radius 1 is 0.899 bits per heavy atom. The van der Waals surface area contributed by atoms with E-state index in [-0.39, 0.29) is 116 Å². The van der Waals surface area contributed by atoms with Gasteiger partial charge in [-0.05, 0) is 68.5 Å². The molecule has 28 nitrogen and oxygen atoms in total. The number of urea groups is 1. The monoisotopic (exact) mass is 1260 g/mol. The number of ketones is 2. The van der Waals surface area contributed by atoms with Crippen LogP contribution in [0.25, 0.3) is 0 Å². The third kappa shape index (κ3) is 16.0. The number of primary amides is 1. The highest BCUT2D eigenvalue weighted by Crippen LogP contribution is 2.54. The summed E-state index contributed by atoms with van der Waals surface area (Å²) < 4.78 is 23.2. The number of aliphatic hydroxyl groups excluding tert-OH is 2. The number of phenols is 2. The SMILES string of the molecule is C=CC(=O)N1CN(C(=O)C=C)CN(C(=O)CCSCC(=O)N[C@H](C(=O)N[C@@H](CCCNC(N)=O)C(=O)Nc2ccc(COC(=O)N[C@H]3C[C@H](O[C@H]4C[C@](O)(C(C)=O)Cc5c(O)c6c(c(O)c54)C(=O)c4c(OC)cccc4C6O)O[C@@H](C)[C@H]3O)cc2)C(C)C)C1. The van der Waals surface area contributed by atoms with Crippen LogP contribution in [0.4, 0.5) is 15.3 Å². The van der Waals surface area contributed by atoms with E-state index >= 15 is 0 Å². The molecule has 3 aromatic rings. The van der Waals surface area contributed by atoms with Crippen LogP contribution in [-0.2, 0) is 60.8 Å². The molecule has 480 valence electrons. The molecule has 9 amide bonds. The number of Topliss-reactive ketones (excluding diaryl/α,β-unsaturated/α-hetero) is 1. The highest BCUT2D eigenvalue weighted by atomic mass is 32.2. The van der Waals surface area contributed by atoms with Crippen molar-refractivity contribution in [1.29, 1.82) is 0 Å². The minimum absolute atomic E-state index is 0.0264. The number of benzene rings is 3. The standard InChI is InChI=1S/C60H75N9O19S/c1-8-42(72)67-27-68(43(73)9-2)29-69(28-67)44(74)19-21-89-26-41(71)66-50(30(3)4)57(81)64-37(13-11-20-62-58(61)82)56(80)63-34-17-15-33(16-18-34)25-86-59(83)65-38-22-45(87-31(5)51(38)75)88-40-24-60(84,32(6)70)23-36-47(40)55(79)49-48(53(36)77)52(76)35-12-10-14-39(85-7)46(35)54(49)78/h8-10,12,14-18,30-31,37-38,40,45,50-52,75-77,79,84H,1-2,11,13,19-29H2,3-7H3,(H,63,80)(H,64,81)(H,65,83)(H,66,71)(H3,61,62,82)/t31-,37-,38-,40-,45-,50-,51+,52?,60-/m0/s1. The molecule has 2 saturated heterocycles. The van der Waals surface area contributed by atoms with Crippen molar-refractivity contribution in [2.75, 3.05) is 50.5 Å². The Hall–Kier alpha value is -8.61. The molecule has 0 saturated carbocycles. The van der Waals surface area contributed by atoms with Gasteiger partial charge in [-0.3, -0.25) is 38.4 Å². The van der Waals surface area contributed by atoms with Gasteiger partial charge in [-0.2, -0.15) is 11.8 Å². The summed E-state index contributed by atoms with van der Waals surface area (Å²) in [6.45, 7) is 12.5. The molecule has 2 aliphatic carbocycles. The highest BCUT2D eigenvalue weighted by molar-refractivity contribution is 7.99. The van der Waals surface area contributed by atoms with E-state index in [0.717, 1.165) is 30.8 Å². The lowest BCUT2D eigenvalue weighted by Gasteiger charge is -2.43. The number of rotatable bonds is 24. The molecule has 0 spiro atoms. The van der Waals surface area contributed by atoms with E-state index in [9.17, 15) is 73.5 Å². The van der Waals surface area contributed by atoms with Crippen LogP contribution in [0, 0.1) is 5.92 Å². The molecule has 89 heavy (non-hydrogen) atoms. The lowest BCUT2D eigenvalue weighted by atomic mass is 9.71. The number of ether oxygens (including phenoxy) is 4. The molecule has 0 aromatic heterocycles. The van der Waals surface area contributed by atoms with Crippen molar-refractivity contribution >= 4 is 76.6 Å². The van der Waals surface area contributed by atoms with Gasteiger partial charge in [0.2, 0.25) is 41.2 Å². The van der Waals surface area contributed by atoms with Gasteiger partial charge in [-0.15, -0.1) is 0 Å². The molecule has 1 unspecified atom stereocenters. The zero-order valence-corrected chi connectivity index (χ0v) is 50.6. The van der Waals surface area contributed by atoms with Crippen LogP contribution in [0.15, 0.2) is 67.8 Å². The fourth-order valence-corrected chi connectivity index (χ4v) is 11.6. The maximum atomic E-state index is 14.1. The number of carbonyl (C=O) groups is 10. The molecule has 0 radical (unpaired) electrons. The summed E-state index contributed by atoms with van der Waals surface area (Å²) in [5.74, 6) is -6.29. The Morgan fingerprint density at radius 2 is 1.56 bits per heavy atom. The average Bonchev–Trinajstić information content (AvgIpc) is 0.718. The summed E-state index contributed by atoms with van der Waals surface area (Å²) in [5, 5.41) is 71.3. The summed E-state index contributed by atoms with van der Waals surface area (Å²) in [6, 6.07) is 6.44. The fraction of sp³-hybridized carbons (Fsp3) is 0.467. The van der Waals surface area contributed by atoms with Crippen molar-refractivity contribution in [3.05, 3.63) is 107 Å². The number of anilines is 1. The molecular formula is C60H75N9O19S. The number of nitrogens with two attached hydrogens (primary N) is 1. The molecule has 7 rings (SSSR count). The van der Waals surface area contributed by atoms with Crippen molar-refractivity contribution < 1.29 is 92.4 Å². The second-order valence-corrected chi connectivity index (χ2v) is 23.4. The molecule has 29 heteroatoms. The van der Waals surface area contributed by atoms with Gasteiger partial charge in [0.15, 0.2) is 12.1 Å². The molecule has 9 atom stereocenters. The van der Waals surface area contributed by atoms with Crippen LogP contribution in [0.1, 0.15) is 116 Å². The van der Waals surface area contributed by atoms with Gasteiger partial charge in [0.25, 0.3) is 0 Å². The number of carbonyl (C=O) groups excluding carboxylic acids is 10. The van der Waals surface area contributed by atoms with E-state index in [1.54, 1.807) is 26.0 Å². The van der Waals surface area contributed by atoms with Gasteiger partial charge in [0.1, 0.15) is 53.7 Å². The summed E-state index contributed by atoms with van der Waals surface area (Å²) in [7, 11) is 1.32. The number of hydrogen-bond acceptors (Lipinski definition) is 20. The molecule has 12 N–H and O–H groups in total. The smallest absolute Gasteiger partial charge is 0.407 e. The summed E-state index contributed by atoms with van der Waals surface area (Å²) >= 11 is 1.12. The third-order valence-corrected chi connectivity index (χ3v) is 16.7. The number of amides is 9. The van der Waals surface area contributed by atoms with Crippen molar-refractivity contribution in [3.63, 3.8) is 0 Å². The van der Waals surface area contributed by atoms with Gasteiger partial charge in [-0.1, -0.05) is 51.3 Å². The fourth-order valence-electron chi connectivity index (χ4n) is 10.9. The normalized spacial score (nSPS) is 21.8.